The number of amides is 1. The molecule has 2 rings (SSSR count). The van der Waals surface area contributed by atoms with Crippen molar-refractivity contribution in [2.75, 3.05) is 7.05 Å². The topological polar surface area (TPSA) is 64.2 Å². The minimum Gasteiger partial charge on any atom is -0.340 e. The van der Waals surface area contributed by atoms with Crippen LogP contribution in [-0.2, 0) is 11.3 Å². The molecule has 0 bridgehead atoms. The van der Waals surface area contributed by atoms with Crippen molar-refractivity contribution < 1.29 is 4.79 Å². The highest BCUT2D eigenvalue weighted by atomic mass is 16.2. The average molecular weight is 300 g/mol. The number of carbonyl (C=O) groups is 1. The minimum atomic E-state index is -0.489. The van der Waals surface area contributed by atoms with Crippen LogP contribution in [0, 0.1) is 20.8 Å². The minimum absolute atomic E-state index is 0.0672. The second-order valence-electron chi connectivity index (χ2n) is 5.83. The number of aryl methyl sites for hydroxylation is 2. The molecule has 0 aliphatic carbocycles. The van der Waals surface area contributed by atoms with E-state index in [1.54, 1.807) is 18.9 Å². The molecule has 5 nitrogen and oxygen atoms in total. The molecule has 1 amide bonds. The van der Waals surface area contributed by atoms with E-state index in [2.05, 4.69) is 24.2 Å². The Labute approximate surface area is 131 Å². The number of hydrogen-bond acceptors (Lipinski definition) is 3. The fourth-order valence-corrected chi connectivity index (χ4v) is 2.60. The van der Waals surface area contributed by atoms with E-state index in [0.717, 1.165) is 22.6 Å². The second kappa shape index (κ2) is 6.32. The van der Waals surface area contributed by atoms with Gasteiger partial charge in [-0.1, -0.05) is 18.2 Å². The highest BCUT2D eigenvalue weighted by molar-refractivity contribution is 5.80. The van der Waals surface area contributed by atoms with E-state index in [0.29, 0.717) is 6.54 Å². The number of hydrogen-bond donors (Lipinski definition) is 1. The van der Waals surface area contributed by atoms with Crippen LogP contribution in [-0.4, -0.2) is 33.7 Å². The molecule has 22 heavy (non-hydrogen) atoms. The number of nitrogens with zero attached hydrogens (tertiary/aromatic N) is 3. The highest BCUT2D eigenvalue weighted by Crippen LogP contribution is 2.21. The Hall–Kier alpha value is -2.14. The van der Waals surface area contributed by atoms with Crippen LogP contribution in [0.25, 0.3) is 5.69 Å². The summed E-state index contributed by atoms with van der Waals surface area (Å²) >= 11 is 0. The zero-order valence-corrected chi connectivity index (χ0v) is 13.9. The Morgan fingerprint density at radius 1 is 1.32 bits per heavy atom. The maximum atomic E-state index is 12.0. The molecular formula is C17H24N4O. The number of nitrogens with two attached hydrogens (primary N) is 1. The molecule has 0 saturated carbocycles. The SMILES string of the molecule is Cc1ccccc1-n1nc(C)c(CN(C)C(=O)[C@H](C)N)c1C. The lowest BCUT2D eigenvalue weighted by molar-refractivity contribution is -0.131. The van der Waals surface area contributed by atoms with Crippen molar-refractivity contribution in [2.24, 2.45) is 5.73 Å². The Morgan fingerprint density at radius 3 is 2.55 bits per heavy atom. The van der Waals surface area contributed by atoms with Crippen LogP contribution in [0.15, 0.2) is 24.3 Å². The number of rotatable bonds is 4. The zero-order valence-electron chi connectivity index (χ0n) is 13.9. The predicted molar refractivity (Wildman–Crippen MR) is 87.9 cm³/mol. The maximum Gasteiger partial charge on any atom is 0.239 e. The molecule has 1 aromatic carbocycles. The van der Waals surface area contributed by atoms with Gasteiger partial charge in [0.1, 0.15) is 0 Å². The van der Waals surface area contributed by atoms with Gasteiger partial charge in [-0.05, 0) is 39.3 Å². The quantitative estimate of drug-likeness (QED) is 0.940. The molecule has 2 aromatic rings. The summed E-state index contributed by atoms with van der Waals surface area (Å²) in [7, 11) is 1.77. The first-order valence-corrected chi connectivity index (χ1v) is 7.44. The van der Waals surface area contributed by atoms with E-state index in [4.69, 9.17) is 5.73 Å². The van der Waals surface area contributed by atoms with Crippen LogP contribution < -0.4 is 5.73 Å². The number of carbonyl (C=O) groups excluding carboxylic acids is 1. The Kier molecular flexibility index (Phi) is 4.66. The molecule has 118 valence electrons. The van der Waals surface area contributed by atoms with Gasteiger partial charge in [0.15, 0.2) is 0 Å². The normalized spacial score (nSPS) is 12.3. The van der Waals surface area contributed by atoms with E-state index < -0.39 is 6.04 Å². The molecule has 0 fully saturated rings. The molecule has 0 radical (unpaired) electrons. The van der Waals surface area contributed by atoms with Gasteiger partial charge in [-0.2, -0.15) is 5.10 Å². The van der Waals surface area contributed by atoms with Gasteiger partial charge in [0, 0.05) is 24.8 Å². The van der Waals surface area contributed by atoms with Crippen LogP contribution in [0.3, 0.4) is 0 Å². The maximum absolute atomic E-state index is 12.0. The second-order valence-corrected chi connectivity index (χ2v) is 5.83. The van der Waals surface area contributed by atoms with E-state index in [-0.39, 0.29) is 5.91 Å². The summed E-state index contributed by atoms with van der Waals surface area (Å²) in [6.07, 6.45) is 0. The van der Waals surface area contributed by atoms with Crippen LogP contribution in [0.4, 0.5) is 0 Å². The van der Waals surface area contributed by atoms with Gasteiger partial charge in [-0.15, -0.1) is 0 Å². The van der Waals surface area contributed by atoms with Gasteiger partial charge >= 0.3 is 0 Å². The van der Waals surface area contributed by atoms with Gasteiger partial charge in [-0.3, -0.25) is 4.79 Å². The van der Waals surface area contributed by atoms with Crippen LogP contribution >= 0.6 is 0 Å². The summed E-state index contributed by atoms with van der Waals surface area (Å²) in [5.74, 6) is -0.0672. The van der Waals surface area contributed by atoms with Gasteiger partial charge < -0.3 is 10.6 Å². The first kappa shape index (κ1) is 16.2. The van der Waals surface area contributed by atoms with E-state index >= 15 is 0 Å². The molecule has 1 heterocycles. The third-order valence-electron chi connectivity index (χ3n) is 3.95. The fourth-order valence-electron chi connectivity index (χ4n) is 2.60. The van der Waals surface area contributed by atoms with Crippen molar-refractivity contribution in [3.63, 3.8) is 0 Å². The lowest BCUT2D eigenvalue weighted by atomic mass is 10.1. The summed E-state index contributed by atoms with van der Waals surface area (Å²) in [6, 6.07) is 7.65. The summed E-state index contributed by atoms with van der Waals surface area (Å²) in [5, 5.41) is 4.65. The van der Waals surface area contributed by atoms with Crippen LogP contribution in [0.5, 0.6) is 0 Å². The molecule has 2 N–H and O–H groups in total. The van der Waals surface area contributed by atoms with Crippen LogP contribution in [0.1, 0.15) is 29.4 Å². The summed E-state index contributed by atoms with van der Waals surface area (Å²) < 4.78 is 1.95. The zero-order chi connectivity index (χ0) is 16.4. The third-order valence-corrected chi connectivity index (χ3v) is 3.95. The van der Waals surface area contributed by atoms with Gasteiger partial charge in [0.05, 0.1) is 17.4 Å². The third kappa shape index (κ3) is 3.04. The molecule has 1 atom stereocenters. The molecule has 1 aromatic heterocycles. The lowest BCUT2D eigenvalue weighted by Gasteiger charge is -2.19. The number of likely N-dealkylation sites (N-methyl/N-ethyl adjacent to an activating group) is 1. The van der Waals surface area contributed by atoms with Crippen LogP contribution in [0.2, 0.25) is 0 Å². The van der Waals surface area contributed by atoms with Crippen molar-refractivity contribution in [2.45, 2.75) is 40.3 Å². The van der Waals surface area contributed by atoms with Crippen molar-refractivity contribution >= 4 is 5.91 Å². The van der Waals surface area contributed by atoms with Gasteiger partial charge in [0.2, 0.25) is 5.91 Å². The molecule has 0 spiro atoms. The predicted octanol–water partition coefficient (Wildman–Crippen LogP) is 2.10. The summed E-state index contributed by atoms with van der Waals surface area (Å²) in [6.45, 7) is 8.30. The standard InChI is InChI=1S/C17H24N4O/c1-11-8-6-7-9-16(11)21-14(4)15(13(3)19-21)10-20(5)17(22)12(2)18/h6-9,12H,10,18H2,1-5H3/t12-/m0/s1. The smallest absolute Gasteiger partial charge is 0.239 e. The Bertz CT molecular complexity index is 688. The van der Waals surface area contributed by atoms with Crippen molar-refractivity contribution in [1.29, 1.82) is 0 Å². The van der Waals surface area contributed by atoms with Crippen molar-refractivity contribution in [3.05, 3.63) is 46.8 Å². The van der Waals surface area contributed by atoms with E-state index in [1.807, 2.05) is 30.7 Å². The monoisotopic (exact) mass is 300 g/mol. The van der Waals surface area contributed by atoms with Crippen molar-refractivity contribution in [3.8, 4) is 5.69 Å². The van der Waals surface area contributed by atoms with E-state index in [9.17, 15) is 4.79 Å². The fraction of sp³-hybridized carbons (Fsp3) is 0.412. The molecule has 5 heteroatoms. The number of benzene rings is 1. The van der Waals surface area contributed by atoms with Gasteiger partial charge in [-0.25, -0.2) is 4.68 Å². The average Bonchev–Trinajstić information content (AvgIpc) is 2.74. The first-order valence-electron chi connectivity index (χ1n) is 7.44. The van der Waals surface area contributed by atoms with Gasteiger partial charge in [0.25, 0.3) is 0 Å². The molecule has 0 aliphatic rings. The number of para-hydroxylation sites is 1. The molecular weight excluding hydrogens is 276 g/mol. The largest absolute Gasteiger partial charge is 0.340 e. The number of aromatic nitrogens is 2. The lowest BCUT2D eigenvalue weighted by Crippen LogP contribution is -2.39. The molecule has 0 unspecified atom stereocenters. The molecule has 0 aliphatic heterocycles. The Balaban J connectivity index is 2.36. The summed E-state index contributed by atoms with van der Waals surface area (Å²) in [4.78, 5) is 13.6. The highest BCUT2D eigenvalue weighted by Gasteiger charge is 2.19. The molecule has 0 saturated heterocycles. The summed E-state index contributed by atoms with van der Waals surface area (Å²) in [5.41, 5.74) is 11.0. The van der Waals surface area contributed by atoms with E-state index in [1.165, 1.54) is 5.56 Å². The first-order chi connectivity index (χ1) is 10.3. The Morgan fingerprint density at radius 2 is 1.95 bits per heavy atom. The van der Waals surface area contributed by atoms with Crippen molar-refractivity contribution in [1.82, 2.24) is 14.7 Å².